The zero-order chi connectivity index (χ0) is 11.7. The summed E-state index contributed by atoms with van der Waals surface area (Å²) in [6.45, 7) is 3.76. The van der Waals surface area contributed by atoms with Crippen molar-refractivity contribution in [1.82, 2.24) is 4.98 Å². The average molecular weight is 228 g/mol. The van der Waals surface area contributed by atoms with E-state index in [0.29, 0.717) is 6.04 Å². The van der Waals surface area contributed by atoms with Gasteiger partial charge in [0.05, 0.1) is 23.9 Å². The van der Waals surface area contributed by atoms with E-state index in [0.717, 1.165) is 30.8 Å². The van der Waals surface area contributed by atoms with Crippen LogP contribution in [0.3, 0.4) is 0 Å². The van der Waals surface area contributed by atoms with E-state index >= 15 is 0 Å². The second kappa shape index (κ2) is 4.34. The molecule has 2 heterocycles. The molecule has 1 aliphatic rings. The fourth-order valence-corrected chi connectivity index (χ4v) is 2.32. The van der Waals surface area contributed by atoms with Crippen LogP contribution in [-0.4, -0.2) is 24.2 Å². The summed E-state index contributed by atoms with van der Waals surface area (Å²) in [5, 5.41) is 4.73. The van der Waals surface area contributed by atoms with Gasteiger partial charge in [-0.25, -0.2) is 0 Å². The Morgan fingerprint density at radius 3 is 3.18 bits per heavy atom. The highest BCUT2D eigenvalue weighted by Crippen LogP contribution is 2.25. The monoisotopic (exact) mass is 228 g/mol. The van der Waals surface area contributed by atoms with Gasteiger partial charge >= 0.3 is 0 Å². The number of hydrogen-bond donors (Lipinski definition) is 1. The molecular weight excluding hydrogens is 212 g/mol. The van der Waals surface area contributed by atoms with Crippen LogP contribution in [0.5, 0.6) is 0 Å². The van der Waals surface area contributed by atoms with Gasteiger partial charge in [-0.15, -0.1) is 0 Å². The molecule has 1 N–H and O–H groups in total. The van der Waals surface area contributed by atoms with Crippen molar-refractivity contribution in [2.75, 3.05) is 18.5 Å². The predicted molar refractivity (Wildman–Crippen MR) is 69.3 cm³/mol. The third kappa shape index (κ3) is 2.11. The lowest BCUT2D eigenvalue weighted by atomic mass is 10.1. The molecule has 0 amide bonds. The van der Waals surface area contributed by atoms with Crippen LogP contribution in [-0.2, 0) is 4.74 Å². The first-order chi connectivity index (χ1) is 8.33. The van der Waals surface area contributed by atoms with Gasteiger partial charge in [-0.1, -0.05) is 6.07 Å². The number of anilines is 1. The topological polar surface area (TPSA) is 34.1 Å². The molecule has 0 spiro atoms. The lowest BCUT2D eigenvalue weighted by Crippen LogP contribution is -2.19. The Bertz CT molecular complexity index is 533. The van der Waals surface area contributed by atoms with Crippen molar-refractivity contribution < 1.29 is 4.74 Å². The Kier molecular flexibility index (Phi) is 2.69. The third-order valence-electron chi connectivity index (χ3n) is 3.14. The number of ether oxygens (including phenoxy) is 1. The van der Waals surface area contributed by atoms with E-state index in [9.17, 15) is 0 Å². The van der Waals surface area contributed by atoms with Gasteiger partial charge in [-0.2, -0.15) is 0 Å². The molecule has 1 aromatic heterocycles. The second-order valence-corrected chi connectivity index (χ2v) is 4.59. The fourth-order valence-electron chi connectivity index (χ4n) is 2.32. The maximum Gasteiger partial charge on any atom is 0.0933 e. The Labute approximate surface area is 101 Å². The second-order valence-electron chi connectivity index (χ2n) is 4.59. The Morgan fingerprint density at radius 1 is 1.41 bits per heavy atom. The SMILES string of the molecule is Cc1cc(N[C@H]2CCOC2)c2ncccc2c1. The number of fused-ring (bicyclic) bond motifs is 1. The van der Waals surface area contributed by atoms with E-state index in [4.69, 9.17) is 4.74 Å². The molecule has 0 radical (unpaired) electrons. The first kappa shape index (κ1) is 10.5. The lowest BCUT2D eigenvalue weighted by molar-refractivity contribution is 0.195. The smallest absolute Gasteiger partial charge is 0.0933 e. The quantitative estimate of drug-likeness (QED) is 0.858. The summed E-state index contributed by atoms with van der Waals surface area (Å²) in [6.07, 6.45) is 2.91. The largest absolute Gasteiger partial charge is 0.379 e. The summed E-state index contributed by atoms with van der Waals surface area (Å²) < 4.78 is 5.39. The molecule has 88 valence electrons. The molecule has 2 aromatic rings. The highest BCUT2D eigenvalue weighted by Gasteiger charge is 2.16. The molecule has 0 unspecified atom stereocenters. The Morgan fingerprint density at radius 2 is 2.35 bits per heavy atom. The number of pyridine rings is 1. The number of nitrogens with one attached hydrogen (secondary N) is 1. The van der Waals surface area contributed by atoms with E-state index in [1.165, 1.54) is 10.9 Å². The van der Waals surface area contributed by atoms with Gasteiger partial charge in [0, 0.05) is 18.2 Å². The standard InChI is InChI=1S/C14H16N2O/c1-10-7-11-3-2-5-15-14(11)13(8-10)16-12-4-6-17-9-12/h2-3,5,7-8,12,16H,4,6,9H2,1H3/t12-/m0/s1. The van der Waals surface area contributed by atoms with Crippen molar-refractivity contribution in [3.8, 4) is 0 Å². The van der Waals surface area contributed by atoms with Gasteiger partial charge in [-0.3, -0.25) is 4.98 Å². The molecule has 1 saturated heterocycles. The van der Waals surface area contributed by atoms with Crippen LogP contribution in [0.4, 0.5) is 5.69 Å². The van der Waals surface area contributed by atoms with Gasteiger partial charge in [0.2, 0.25) is 0 Å². The first-order valence-electron chi connectivity index (χ1n) is 6.02. The van der Waals surface area contributed by atoms with Crippen LogP contribution in [0.15, 0.2) is 30.5 Å². The van der Waals surface area contributed by atoms with Crippen molar-refractivity contribution in [2.24, 2.45) is 0 Å². The molecule has 1 aromatic carbocycles. The van der Waals surface area contributed by atoms with E-state index < -0.39 is 0 Å². The van der Waals surface area contributed by atoms with Crippen LogP contribution in [0, 0.1) is 6.92 Å². The summed E-state index contributed by atoms with van der Waals surface area (Å²) in [4.78, 5) is 4.46. The molecule has 3 rings (SSSR count). The lowest BCUT2D eigenvalue weighted by Gasteiger charge is -2.14. The van der Waals surface area contributed by atoms with Gasteiger partial charge in [0.15, 0.2) is 0 Å². The Hall–Kier alpha value is -1.61. The first-order valence-corrected chi connectivity index (χ1v) is 6.02. The molecular formula is C14H16N2O. The van der Waals surface area contributed by atoms with Crippen molar-refractivity contribution >= 4 is 16.6 Å². The van der Waals surface area contributed by atoms with E-state index in [1.54, 1.807) is 0 Å². The highest BCUT2D eigenvalue weighted by molar-refractivity contribution is 5.91. The zero-order valence-corrected chi connectivity index (χ0v) is 9.94. The zero-order valence-electron chi connectivity index (χ0n) is 9.94. The summed E-state index contributed by atoms with van der Waals surface area (Å²) >= 11 is 0. The van der Waals surface area contributed by atoms with Gasteiger partial charge in [-0.05, 0) is 37.1 Å². The van der Waals surface area contributed by atoms with E-state index in [-0.39, 0.29) is 0 Å². The van der Waals surface area contributed by atoms with E-state index in [2.05, 4.69) is 35.4 Å². The summed E-state index contributed by atoms with van der Waals surface area (Å²) in [6, 6.07) is 8.82. The average Bonchev–Trinajstić information content (AvgIpc) is 2.81. The fraction of sp³-hybridized carbons (Fsp3) is 0.357. The molecule has 0 aliphatic carbocycles. The van der Waals surface area contributed by atoms with Gasteiger partial charge < -0.3 is 10.1 Å². The molecule has 1 aliphatic heterocycles. The van der Waals surface area contributed by atoms with Crippen molar-refractivity contribution in [1.29, 1.82) is 0 Å². The maximum atomic E-state index is 5.39. The van der Waals surface area contributed by atoms with Crippen LogP contribution >= 0.6 is 0 Å². The predicted octanol–water partition coefficient (Wildman–Crippen LogP) is 2.74. The molecule has 0 saturated carbocycles. The summed E-state index contributed by atoms with van der Waals surface area (Å²) in [5.74, 6) is 0. The number of rotatable bonds is 2. The minimum Gasteiger partial charge on any atom is -0.379 e. The van der Waals surface area contributed by atoms with Crippen LogP contribution in [0.1, 0.15) is 12.0 Å². The maximum absolute atomic E-state index is 5.39. The van der Waals surface area contributed by atoms with Crippen molar-refractivity contribution in [3.63, 3.8) is 0 Å². The van der Waals surface area contributed by atoms with Crippen molar-refractivity contribution in [2.45, 2.75) is 19.4 Å². The molecule has 1 fully saturated rings. The molecule has 3 nitrogen and oxygen atoms in total. The minimum atomic E-state index is 0.419. The van der Waals surface area contributed by atoms with Crippen LogP contribution < -0.4 is 5.32 Å². The number of aryl methyl sites for hydroxylation is 1. The van der Waals surface area contributed by atoms with Crippen molar-refractivity contribution in [3.05, 3.63) is 36.0 Å². The molecule has 3 heteroatoms. The normalized spacial score (nSPS) is 19.7. The molecule has 0 bridgehead atoms. The summed E-state index contributed by atoms with van der Waals surface area (Å²) in [7, 11) is 0. The summed E-state index contributed by atoms with van der Waals surface area (Å²) in [5.41, 5.74) is 3.42. The van der Waals surface area contributed by atoms with Crippen LogP contribution in [0.2, 0.25) is 0 Å². The third-order valence-corrected chi connectivity index (χ3v) is 3.14. The van der Waals surface area contributed by atoms with Gasteiger partial charge in [0.25, 0.3) is 0 Å². The van der Waals surface area contributed by atoms with Crippen LogP contribution in [0.25, 0.3) is 10.9 Å². The number of nitrogens with zero attached hydrogens (tertiary/aromatic N) is 1. The Balaban J connectivity index is 2.01. The van der Waals surface area contributed by atoms with E-state index in [1.807, 2.05) is 12.3 Å². The van der Waals surface area contributed by atoms with Gasteiger partial charge in [0.1, 0.15) is 0 Å². The molecule has 1 atom stereocenters. The number of aromatic nitrogens is 1. The number of benzene rings is 1. The number of hydrogen-bond acceptors (Lipinski definition) is 3. The minimum absolute atomic E-state index is 0.419. The molecule has 17 heavy (non-hydrogen) atoms. The highest BCUT2D eigenvalue weighted by atomic mass is 16.5.